The van der Waals surface area contributed by atoms with Gasteiger partial charge in [0, 0.05) is 24.3 Å². The van der Waals surface area contributed by atoms with Crippen LogP contribution in [0.15, 0.2) is 29.1 Å². The highest BCUT2D eigenvalue weighted by atomic mass is 32.1. The van der Waals surface area contributed by atoms with E-state index in [0.717, 1.165) is 40.6 Å². The Morgan fingerprint density at radius 3 is 3.16 bits per heavy atom. The summed E-state index contributed by atoms with van der Waals surface area (Å²) < 4.78 is 5.28. The molecule has 0 aliphatic heterocycles. The first-order valence-corrected chi connectivity index (χ1v) is 11.2. The number of aryl methyl sites for hydroxylation is 2. The first-order valence-electron chi connectivity index (χ1n) is 10.4. The summed E-state index contributed by atoms with van der Waals surface area (Å²) in [4.78, 5) is 34.5. The minimum Gasteiger partial charge on any atom is -0.479 e. The number of nitrogens with one attached hydrogen (secondary N) is 2. The van der Waals surface area contributed by atoms with Crippen molar-refractivity contribution in [2.24, 2.45) is 5.92 Å². The first kappa shape index (κ1) is 21.1. The second-order valence-electron chi connectivity index (χ2n) is 7.92. The van der Waals surface area contributed by atoms with Crippen LogP contribution in [0.5, 0.6) is 5.75 Å². The molecule has 7 nitrogen and oxygen atoms in total. The van der Waals surface area contributed by atoms with Gasteiger partial charge in [-0.2, -0.15) is 5.26 Å². The van der Waals surface area contributed by atoms with E-state index in [1.807, 2.05) is 18.2 Å². The van der Waals surface area contributed by atoms with Crippen molar-refractivity contribution in [1.82, 2.24) is 15.3 Å². The number of ether oxygens (including phenoxy) is 1. The van der Waals surface area contributed by atoms with Gasteiger partial charge in [0.2, 0.25) is 5.91 Å². The molecule has 1 amide bonds. The van der Waals surface area contributed by atoms with Crippen molar-refractivity contribution in [3.63, 3.8) is 0 Å². The molecule has 0 fully saturated rings. The number of carbonyl (C=O) groups excluding carboxylic acids is 1. The van der Waals surface area contributed by atoms with Gasteiger partial charge in [-0.05, 0) is 48.4 Å². The number of rotatable bonds is 7. The van der Waals surface area contributed by atoms with E-state index in [1.54, 1.807) is 23.5 Å². The van der Waals surface area contributed by atoms with E-state index in [4.69, 9.17) is 10.00 Å². The van der Waals surface area contributed by atoms with E-state index in [2.05, 4.69) is 22.2 Å². The standard InChI is InChI=1S/C23H24N4O3S/c1-14-5-6-17-18(11-14)31-23-21(17)22(29)26-19(27-23)7-8-20(28)25-13-15-3-2-4-16(12-15)30-10-9-24/h2-4,12,14H,5-8,10-11,13H2,1H3,(H,25,28)(H,26,27,29). The van der Waals surface area contributed by atoms with Gasteiger partial charge in [0.05, 0.1) is 5.39 Å². The molecule has 2 aromatic heterocycles. The topological polar surface area (TPSA) is 108 Å². The fourth-order valence-corrected chi connectivity index (χ4v) is 5.30. The molecule has 160 valence electrons. The Bertz CT molecular complexity index is 1210. The van der Waals surface area contributed by atoms with Crippen LogP contribution in [0, 0.1) is 17.2 Å². The van der Waals surface area contributed by atoms with E-state index in [1.165, 1.54) is 4.88 Å². The van der Waals surface area contributed by atoms with Gasteiger partial charge in [-0.25, -0.2) is 4.98 Å². The van der Waals surface area contributed by atoms with Crippen molar-refractivity contribution >= 4 is 27.5 Å². The van der Waals surface area contributed by atoms with Crippen LogP contribution < -0.4 is 15.6 Å². The third-order valence-corrected chi connectivity index (χ3v) is 6.64. The highest BCUT2D eigenvalue weighted by Gasteiger charge is 2.23. The largest absolute Gasteiger partial charge is 0.479 e. The molecule has 4 rings (SSSR count). The molecule has 1 aromatic carbocycles. The van der Waals surface area contributed by atoms with Crippen LogP contribution in [0.3, 0.4) is 0 Å². The van der Waals surface area contributed by atoms with Gasteiger partial charge in [0.25, 0.3) is 5.56 Å². The second-order valence-corrected chi connectivity index (χ2v) is 9.00. The molecule has 3 aromatic rings. The number of aromatic amines is 1. The smallest absolute Gasteiger partial charge is 0.259 e. The summed E-state index contributed by atoms with van der Waals surface area (Å²) in [5.74, 6) is 1.66. The lowest BCUT2D eigenvalue weighted by Gasteiger charge is -2.17. The number of thiophene rings is 1. The molecule has 0 radical (unpaired) electrons. The summed E-state index contributed by atoms with van der Waals surface area (Å²) >= 11 is 1.62. The number of carbonyl (C=O) groups is 1. The first-order chi connectivity index (χ1) is 15.0. The summed E-state index contributed by atoms with van der Waals surface area (Å²) in [6, 6.07) is 9.19. The van der Waals surface area contributed by atoms with Crippen molar-refractivity contribution in [2.75, 3.05) is 6.61 Å². The molecule has 0 spiro atoms. The molecule has 0 saturated heterocycles. The average molecular weight is 437 g/mol. The summed E-state index contributed by atoms with van der Waals surface area (Å²) in [6.45, 7) is 2.59. The van der Waals surface area contributed by atoms with Crippen LogP contribution in [0.2, 0.25) is 0 Å². The molecule has 2 heterocycles. The van der Waals surface area contributed by atoms with E-state index < -0.39 is 0 Å². The SMILES string of the molecule is CC1CCc2c(sc3nc(CCC(=O)NCc4cccc(OCC#N)c4)[nH]c(=O)c23)C1. The summed E-state index contributed by atoms with van der Waals surface area (Å²) in [5, 5.41) is 12.2. The van der Waals surface area contributed by atoms with Crippen molar-refractivity contribution in [3.8, 4) is 11.8 Å². The summed E-state index contributed by atoms with van der Waals surface area (Å²) in [7, 11) is 0. The lowest BCUT2D eigenvalue weighted by atomic mass is 9.89. The van der Waals surface area contributed by atoms with Crippen molar-refractivity contribution in [2.45, 2.75) is 45.6 Å². The van der Waals surface area contributed by atoms with Crippen LogP contribution in [0.4, 0.5) is 0 Å². The average Bonchev–Trinajstić information content (AvgIpc) is 3.13. The van der Waals surface area contributed by atoms with Gasteiger partial charge in [0.15, 0.2) is 6.61 Å². The molecule has 1 aliphatic rings. The minimum absolute atomic E-state index is 0.0163. The van der Waals surface area contributed by atoms with Crippen molar-refractivity contribution in [1.29, 1.82) is 5.26 Å². The summed E-state index contributed by atoms with van der Waals surface area (Å²) in [6.07, 6.45) is 3.66. The molecule has 1 unspecified atom stereocenters. The molecule has 0 bridgehead atoms. The predicted molar refractivity (Wildman–Crippen MR) is 119 cm³/mol. The number of nitrogens with zero attached hydrogens (tertiary/aromatic N) is 2. The van der Waals surface area contributed by atoms with E-state index in [0.29, 0.717) is 30.5 Å². The normalized spacial score (nSPS) is 15.3. The fraction of sp³-hybridized carbons (Fsp3) is 0.391. The molecule has 1 atom stereocenters. The highest BCUT2D eigenvalue weighted by molar-refractivity contribution is 7.18. The zero-order valence-corrected chi connectivity index (χ0v) is 18.2. The summed E-state index contributed by atoms with van der Waals surface area (Å²) in [5.41, 5.74) is 1.95. The van der Waals surface area contributed by atoms with Crippen LogP contribution in [-0.4, -0.2) is 22.5 Å². The quantitative estimate of drug-likeness (QED) is 0.591. The van der Waals surface area contributed by atoms with Crippen LogP contribution >= 0.6 is 11.3 Å². The van der Waals surface area contributed by atoms with Crippen LogP contribution in [0.25, 0.3) is 10.2 Å². The zero-order valence-electron chi connectivity index (χ0n) is 17.4. The van der Waals surface area contributed by atoms with Gasteiger partial charge in [-0.3, -0.25) is 9.59 Å². The Balaban J connectivity index is 1.36. The van der Waals surface area contributed by atoms with Crippen molar-refractivity contribution < 1.29 is 9.53 Å². The number of nitriles is 1. The van der Waals surface area contributed by atoms with E-state index >= 15 is 0 Å². The Kier molecular flexibility index (Phi) is 6.33. The third kappa shape index (κ3) is 4.94. The van der Waals surface area contributed by atoms with Gasteiger partial charge < -0.3 is 15.0 Å². The van der Waals surface area contributed by atoms with E-state index in [-0.39, 0.29) is 24.5 Å². The molecular formula is C23H24N4O3S. The lowest BCUT2D eigenvalue weighted by molar-refractivity contribution is -0.121. The van der Waals surface area contributed by atoms with Gasteiger partial charge in [-0.1, -0.05) is 19.1 Å². The molecule has 0 saturated carbocycles. The Labute approximate surface area is 184 Å². The third-order valence-electron chi connectivity index (χ3n) is 5.49. The molecular weight excluding hydrogens is 412 g/mol. The zero-order chi connectivity index (χ0) is 21.8. The monoisotopic (exact) mass is 436 g/mol. The highest BCUT2D eigenvalue weighted by Crippen LogP contribution is 2.35. The minimum atomic E-state index is -0.120. The van der Waals surface area contributed by atoms with Gasteiger partial charge in [-0.15, -0.1) is 11.3 Å². The number of benzene rings is 1. The number of hydrogen-bond donors (Lipinski definition) is 2. The molecule has 2 N–H and O–H groups in total. The maximum atomic E-state index is 12.7. The Hall–Kier alpha value is -3.18. The number of fused-ring (bicyclic) bond motifs is 3. The Morgan fingerprint density at radius 1 is 1.45 bits per heavy atom. The number of H-pyrrole nitrogens is 1. The molecule has 31 heavy (non-hydrogen) atoms. The molecule has 8 heteroatoms. The lowest BCUT2D eigenvalue weighted by Crippen LogP contribution is -2.23. The number of hydrogen-bond acceptors (Lipinski definition) is 6. The maximum absolute atomic E-state index is 12.7. The maximum Gasteiger partial charge on any atom is 0.259 e. The van der Waals surface area contributed by atoms with Gasteiger partial charge >= 0.3 is 0 Å². The molecule has 1 aliphatic carbocycles. The van der Waals surface area contributed by atoms with Crippen molar-refractivity contribution in [3.05, 3.63) is 56.4 Å². The van der Waals surface area contributed by atoms with Crippen LogP contribution in [0.1, 0.15) is 41.6 Å². The van der Waals surface area contributed by atoms with Gasteiger partial charge in [0.1, 0.15) is 22.5 Å². The van der Waals surface area contributed by atoms with E-state index in [9.17, 15) is 9.59 Å². The predicted octanol–water partition coefficient (Wildman–Crippen LogP) is 3.26. The second kappa shape index (κ2) is 9.31. The number of amides is 1. The fourth-order valence-electron chi connectivity index (χ4n) is 3.89. The van der Waals surface area contributed by atoms with Crippen LogP contribution in [-0.2, 0) is 30.6 Å². The Morgan fingerprint density at radius 2 is 2.32 bits per heavy atom. The number of aromatic nitrogens is 2.